The van der Waals surface area contributed by atoms with E-state index >= 15 is 0 Å². The van der Waals surface area contributed by atoms with E-state index in [9.17, 15) is 22.8 Å². The first-order valence-corrected chi connectivity index (χ1v) is 11.7. The lowest BCUT2D eigenvalue weighted by molar-refractivity contribution is -0.161. The molecule has 2 aliphatic rings. The van der Waals surface area contributed by atoms with E-state index in [0.717, 1.165) is 5.01 Å². The average Bonchev–Trinajstić information content (AvgIpc) is 3.51. The normalized spacial score (nSPS) is 21.4. The lowest BCUT2D eigenvalue weighted by Crippen LogP contribution is -2.56. The van der Waals surface area contributed by atoms with E-state index in [1.165, 1.54) is 14.2 Å². The fourth-order valence-electron chi connectivity index (χ4n) is 4.69. The SMILES string of the molecule is COCCNC(=O)C1=C(c2nc3c(OC)cccc3o2)C(=O)N2NC(C(F)(F)F)C(c3ccccc3)C2N1. The number of hydrogen-bond donors (Lipinski definition) is 3. The minimum absolute atomic E-state index is 0.100. The molecule has 2 aromatic carbocycles. The number of amides is 2. The number of rotatable bonds is 7. The van der Waals surface area contributed by atoms with E-state index in [2.05, 4.69) is 21.0 Å². The van der Waals surface area contributed by atoms with Crippen LogP contribution in [0.25, 0.3) is 16.7 Å². The van der Waals surface area contributed by atoms with Gasteiger partial charge in [-0.2, -0.15) is 13.2 Å². The molecule has 0 saturated carbocycles. The number of methoxy groups -OCH3 is 2. The van der Waals surface area contributed by atoms with Crippen molar-refractivity contribution in [3.8, 4) is 5.75 Å². The molecule has 2 aliphatic heterocycles. The Morgan fingerprint density at radius 1 is 1.16 bits per heavy atom. The number of nitrogens with one attached hydrogen (secondary N) is 3. The maximum absolute atomic E-state index is 14.2. The Morgan fingerprint density at radius 3 is 2.61 bits per heavy atom. The number of aromatic nitrogens is 1. The molecule has 0 aliphatic carbocycles. The first kappa shape index (κ1) is 25.5. The van der Waals surface area contributed by atoms with E-state index in [-0.39, 0.29) is 41.4 Å². The quantitative estimate of drug-likeness (QED) is 0.398. The number of ether oxygens (including phenoxy) is 2. The van der Waals surface area contributed by atoms with Crippen molar-refractivity contribution in [3.05, 3.63) is 65.7 Å². The van der Waals surface area contributed by atoms with Crippen LogP contribution in [-0.2, 0) is 14.3 Å². The predicted molar refractivity (Wildman–Crippen MR) is 128 cm³/mol. The van der Waals surface area contributed by atoms with E-state index in [4.69, 9.17) is 13.9 Å². The van der Waals surface area contributed by atoms with Gasteiger partial charge in [0.1, 0.15) is 29.2 Å². The molecule has 200 valence electrons. The summed E-state index contributed by atoms with van der Waals surface area (Å²) >= 11 is 0. The zero-order valence-corrected chi connectivity index (χ0v) is 20.3. The third-order valence-corrected chi connectivity index (χ3v) is 6.40. The number of fused-ring (bicyclic) bond motifs is 2. The summed E-state index contributed by atoms with van der Waals surface area (Å²) in [7, 11) is 2.89. The van der Waals surface area contributed by atoms with E-state index in [1.807, 2.05) is 0 Å². The van der Waals surface area contributed by atoms with Crippen molar-refractivity contribution in [2.75, 3.05) is 27.4 Å². The molecule has 3 N–H and O–H groups in total. The molecular weight excluding hydrogens is 507 g/mol. The smallest absolute Gasteiger partial charge is 0.406 e. The fourth-order valence-corrected chi connectivity index (χ4v) is 4.69. The second-order valence-corrected chi connectivity index (χ2v) is 8.67. The number of oxazole rings is 1. The maximum atomic E-state index is 14.2. The standard InChI is InChI=1S/C25H24F3N5O5/c1-36-12-11-29-22(34)19-17(23-31-18-14(37-2)9-6-10-15(18)38-23)24(35)33-21(30-19)16(13-7-4-3-5-8-13)20(32-33)25(26,27)28/h3-10,16,20-21,30,32H,11-12H2,1-2H3,(H,29,34). The Labute approximate surface area is 214 Å². The molecule has 1 aromatic heterocycles. The number of carbonyl (C=O) groups is 2. The van der Waals surface area contributed by atoms with Crippen LogP contribution in [0.5, 0.6) is 5.75 Å². The van der Waals surface area contributed by atoms with Crippen LogP contribution in [0.1, 0.15) is 17.4 Å². The van der Waals surface area contributed by atoms with Gasteiger partial charge in [-0.1, -0.05) is 36.4 Å². The molecule has 3 aromatic rings. The highest BCUT2D eigenvalue weighted by atomic mass is 19.4. The van der Waals surface area contributed by atoms with E-state index in [0.29, 0.717) is 11.3 Å². The first-order valence-electron chi connectivity index (χ1n) is 11.7. The van der Waals surface area contributed by atoms with Crippen LogP contribution in [-0.4, -0.2) is 67.6 Å². The van der Waals surface area contributed by atoms with Gasteiger partial charge in [-0.25, -0.2) is 15.4 Å². The molecule has 3 atom stereocenters. The number of benzene rings is 2. The van der Waals surface area contributed by atoms with Crippen molar-refractivity contribution >= 4 is 28.5 Å². The van der Waals surface area contributed by atoms with Crippen molar-refractivity contribution in [2.24, 2.45) is 0 Å². The van der Waals surface area contributed by atoms with Gasteiger partial charge in [0.25, 0.3) is 11.8 Å². The van der Waals surface area contributed by atoms with Crippen molar-refractivity contribution in [3.63, 3.8) is 0 Å². The van der Waals surface area contributed by atoms with Crippen molar-refractivity contribution in [1.82, 2.24) is 26.1 Å². The molecule has 1 saturated heterocycles. The topological polar surface area (TPSA) is 118 Å². The largest absolute Gasteiger partial charge is 0.494 e. The maximum Gasteiger partial charge on any atom is 0.406 e. The van der Waals surface area contributed by atoms with Gasteiger partial charge in [0, 0.05) is 13.7 Å². The zero-order chi connectivity index (χ0) is 27.0. The minimum Gasteiger partial charge on any atom is -0.494 e. The lowest BCUT2D eigenvalue weighted by atomic mass is 9.89. The Balaban J connectivity index is 1.63. The summed E-state index contributed by atoms with van der Waals surface area (Å²) in [5, 5.41) is 6.35. The lowest BCUT2D eigenvalue weighted by Gasteiger charge is -2.34. The summed E-state index contributed by atoms with van der Waals surface area (Å²) < 4.78 is 58.6. The Hall–Kier alpha value is -4.10. The van der Waals surface area contributed by atoms with Crippen LogP contribution in [0.3, 0.4) is 0 Å². The predicted octanol–water partition coefficient (Wildman–Crippen LogP) is 2.30. The molecule has 1 fully saturated rings. The van der Waals surface area contributed by atoms with Crippen molar-refractivity contribution in [2.45, 2.75) is 24.3 Å². The molecule has 38 heavy (non-hydrogen) atoms. The Kier molecular flexibility index (Phi) is 6.71. The van der Waals surface area contributed by atoms with Gasteiger partial charge in [0.2, 0.25) is 5.89 Å². The van der Waals surface area contributed by atoms with E-state index < -0.39 is 36.1 Å². The van der Waals surface area contributed by atoms with E-state index in [1.54, 1.807) is 48.5 Å². The molecule has 2 amide bonds. The number of hydrogen-bond acceptors (Lipinski definition) is 8. The molecule has 3 unspecified atom stereocenters. The number of alkyl halides is 3. The van der Waals surface area contributed by atoms with Crippen LogP contribution >= 0.6 is 0 Å². The molecule has 0 bridgehead atoms. The molecular formula is C25H24F3N5O5. The molecule has 0 spiro atoms. The summed E-state index contributed by atoms with van der Waals surface area (Å²) in [5.41, 5.74) is 2.63. The van der Waals surface area contributed by atoms with Crippen LogP contribution in [0.4, 0.5) is 13.2 Å². The fraction of sp³-hybridized carbons (Fsp3) is 0.320. The highest BCUT2D eigenvalue weighted by molar-refractivity contribution is 6.25. The Bertz CT molecular complexity index is 1390. The summed E-state index contributed by atoms with van der Waals surface area (Å²) in [4.78, 5) is 31.4. The Morgan fingerprint density at radius 2 is 1.92 bits per heavy atom. The number of halogens is 3. The van der Waals surface area contributed by atoms with Gasteiger partial charge in [0.15, 0.2) is 11.1 Å². The molecule has 5 rings (SSSR count). The highest BCUT2D eigenvalue weighted by Gasteiger charge is 2.58. The number of carbonyl (C=O) groups excluding carboxylic acids is 2. The number of para-hydroxylation sites is 1. The monoisotopic (exact) mass is 531 g/mol. The van der Waals surface area contributed by atoms with Gasteiger partial charge in [-0.3, -0.25) is 9.59 Å². The van der Waals surface area contributed by atoms with Crippen LogP contribution < -0.4 is 20.8 Å². The zero-order valence-electron chi connectivity index (χ0n) is 20.3. The van der Waals surface area contributed by atoms with Crippen LogP contribution in [0.15, 0.2) is 58.6 Å². The number of nitrogens with zero attached hydrogens (tertiary/aromatic N) is 2. The van der Waals surface area contributed by atoms with Gasteiger partial charge in [-0.15, -0.1) is 0 Å². The first-order chi connectivity index (χ1) is 18.2. The molecule has 0 radical (unpaired) electrons. The molecule has 10 nitrogen and oxygen atoms in total. The summed E-state index contributed by atoms with van der Waals surface area (Å²) in [6, 6.07) is 10.8. The summed E-state index contributed by atoms with van der Waals surface area (Å²) in [5.74, 6) is -2.76. The van der Waals surface area contributed by atoms with Crippen LogP contribution in [0, 0.1) is 0 Å². The number of hydrazine groups is 1. The second kappa shape index (κ2) is 9.99. The van der Waals surface area contributed by atoms with Gasteiger partial charge in [0.05, 0.1) is 19.6 Å². The molecule has 3 heterocycles. The van der Waals surface area contributed by atoms with Crippen LogP contribution in [0.2, 0.25) is 0 Å². The minimum atomic E-state index is -4.70. The average molecular weight is 531 g/mol. The second-order valence-electron chi connectivity index (χ2n) is 8.67. The molecule has 13 heteroatoms. The highest BCUT2D eigenvalue weighted by Crippen LogP contribution is 2.43. The third kappa shape index (κ3) is 4.43. The van der Waals surface area contributed by atoms with Gasteiger partial charge >= 0.3 is 6.18 Å². The van der Waals surface area contributed by atoms with Crippen molar-refractivity contribution < 1.29 is 36.7 Å². The van der Waals surface area contributed by atoms with Gasteiger partial charge in [-0.05, 0) is 17.7 Å². The van der Waals surface area contributed by atoms with Gasteiger partial charge < -0.3 is 24.5 Å². The summed E-state index contributed by atoms with van der Waals surface area (Å²) in [6.45, 7) is 0.283. The summed E-state index contributed by atoms with van der Waals surface area (Å²) in [6.07, 6.45) is -5.94. The van der Waals surface area contributed by atoms with Crippen molar-refractivity contribution in [1.29, 1.82) is 0 Å². The third-order valence-electron chi connectivity index (χ3n) is 6.40.